The van der Waals surface area contributed by atoms with Gasteiger partial charge in [0.15, 0.2) is 0 Å². The number of fused-ring (bicyclic) bond motifs is 1. The Hall–Kier alpha value is -2.27. The second-order valence-corrected chi connectivity index (χ2v) is 8.80. The summed E-state index contributed by atoms with van der Waals surface area (Å²) >= 11 is 0. The summed E-state index contributed by atoms with van der Waals surface area (Å²) in [7, 11) is 0. The molecule has 1 fully saturated rings. The van der Waals surface area contributed by atoms with Gasteiger partial charge in [-0.05, 0) is 74.8 Å². The Bertz CT molecular complexity index is 885. The molecule has 2 aromatic rings. The van der Waals surface area contributed by atoms with Crippen molar-refractivity contribution in [2.75, 3.05) is 26.3 Å². The predicted molar refractivity (Wildman–Crippen MR) is 111 cm³/mol. The largest absolute Gasteiger partial charge is 0.444 e. The van der Waals surface area contributed by atoms with Gasteiger partial charge in [-0.2, -0.15) is 0 Å². The number of rotatable bonds is 2. The molecule has 0 spiro atoms. The molecule has 0 unspecified atom stereocenters. The quantitative estimate of drug-likeness (QED) is 0.787. The topological polar surface area (TPSA) is 54.6 Å². The van der Waals surface area contributed by atoms with Gasteiger partial charge in [0.2, 0.25) is 0 Å². The number of carbonyl (C=O) groups is 1. The van der Waals surface area contributed by atoms with Gasteiger partial charge in [-0.15, -0.1) is 0 Å². The molecule has 28 heavy (non-hydrogen) atoms. The van der Waals surface area contributed by atoms with Crippen molar-refractivity contribution in [3.05, 3.63) is 41.6 Å². The first-order chi connectivity index (χ1) is 13.4. The highest BCUT2D eigenvalue weighted by molar-refractivity contribution is 5.88. The van der Waals surface area contributed by atoms with Crippen molar-refractivity contribution >= 4 is 22.6 Å². The van der Waals surface area contributed by atoms with Gasteiger partial charge in [0.05, 0.1) is 0 Å². The van der Waals surface area contributed by atoms with Gasteiger partial charge in [-0.1, -0.05) is 12.1 Å². The van der Waals surface area contributed by atoms with Gasteiger partial charge in [-0.3, -0.25) is 0 Å². The molecule has 5 nitrogen and oxygen atoms in total. The van der Waals surface area contributed by atoms with Crippen molar-refractivity contribution < 1.29 is 14.3 Å². The molecule has 0 bridgehead atoms. The van der Waals surface area contributed by atoms with Gasteiger partial charge in [0, 0.05) is 43.4 Å². The van der Waals surface area contributed by atoms with Crippen LogP contribution in [0.5, 0.6) is 0 Å². The van der Waals surface area contributed by atoms with Crippen LogP contribution in [0.2, 0.25) is 0 Å². The van der Waals surface area contributed by atoms with Crippen molar-refractivity contribution in [2.45, 2.75) is 51.6 Å². The molecule has 1 N–H and O–H groups in total. The summed E-state index contributed by atoms with van der Waals surface area (Å²) in [5.41, 5.74) is 4.70. The van der Waals surface area contributed by atoms with Crippen molar-refractivity contribution in [2.24, 2.45) is 0 Å². The maximum absolute atomic E-state index is 12.3. The molecule has 2 aliphatic rings. The molecular weight excluding hydrogens is 352 g/mol. The van der Waals surface area contributed by atoms with E-state index in [4.69, 9.17) is 9.47 Å². The number of hydrogen-bond acceptors (Lipinski definition) is 3. The first-order valence-corrected chi connectivity index (χ1v) is 10.3. The number of benzene rings is 1. The number of ether oxygens (including phenoxy) is 2. The lowest BCUT2D eigenvalue weighted by atomic mass is 9.90. The van der Waals surface area contributed by atoms with Crippen LogP contribution in [-0.4, -0.2) is 47.9 Å². The first-order valence-electron chi connectivity index (χ1n) is 10.3. The third kappa shape index (κ3) is 4.09. The van der Waals surface area contributed by atoms with E-state index in [9.17, 15) is 4.79 Å². The van der Waals surface area contributed by atoms with Gasteiger partial charge in [-0.25, -0.2) is 4.79 Å². The number of aromatic nitrogens is 1. The zero-order chi connectivity index (χ0) is 19.7. The fraction of sp³-hybridized carbons (Fsp3) is 0.522. The summed E-state index contributed by atoms with van der Waals surface area (Å²) in [5.74, 6) is 0.570. The van der Waals surface area contributed by atoms with Crippen molar-refractivity contribution in [1.82, 2.24) is 9.88 Å². The van der Waals surface area contributed by atoms with Crippen LogP contribution in [0.3, 0.4) is 0 Å². The third-order valence-electron chi connectivity index (χ3n) is 5.61. The minimum atomic E-state index is -0.457. The molecule has 0 aliphatic carbocycles. The normalized spacial score (nSPS) is 19.0. The predicted octanol–water partition coefficient (Wildman–Crippen LogP) is 5.09. The van der Waals surface area contributed by atoms with Crippen LogP contribution < -0.4 is 0 Å². The molecule has 1 aromatic carbocycles. The molecule has 4 rings (SSSR count). The first kappa shape index (κ1) is 19.1. The van der Waals surface area contributed by atoms with Crippen molar-refractivity contribution in [1.29, 1.82) is 0 Å². The van der Waals surface area contributed by atoms with E-state index in [0.717, 1.165) is 32.5 Å². The Morgan fingerprint density at radius 1 is 1.25 bits per heavy atom. The SMILES string of the molecule is CC(C)(C)OC(=O)N1CC=C(c2ccc3[nH]cc(C4CCOCC4)c3c2)CC1. The average Bonchev–Trinajstić information content (AvgIpc) is 3.11. The van der Waals surface area contributed by atoms with Gasteiger partial charge >= 0.3 is 6.09 Å². The molecule has 5 heteroatoms. The van der Waals surface area contributed by atoms with E-state index >= 15 is 0 Å². The standard InChI is InChI=1S/C23H30N2O3/c1-23(2,3)28-22(26)25-10-6-16(7-11-25)18-4-5-21-19(14-18)20(15-24-21)17-8-12-27-13-9-17/h4-6,14-15,17,24H,7-13H2,1-3H3. The van der Waals surface area contributed by atoms with Crippen LogP contribution in [-0.2, 0) is 9.47 Å². The Balaban J connectivity index is 1.52. The molecule has 0 atom stereocenters. The minimum absolute atomic E-state index is 0.231. The molecule has 0 radical (unpaired) electrons. The maximum atomic E-state index is 12.3. The lowest BCUT2D eigenvalue weighted by molar-refractivity contribution is 0.0270. The minimum Gasteiger partial charge on any atom is -0.444 e. The van der Waals surface area contributed by atoms with Crippen LogP contribution in [0.15, 0.2) is 30.5 Å². The Labute approximate surface area is 166 Å². The van der Waals surface area contributed by atoms with Gasteiger partial charge in [0.1, 0.15) is 5.60 Å². The van der Waals surface area contributed by atoms with Gasteiger partial charge in [0.25, 0.3) is 0 Å². The summed E-state index contributed by atoms with van der Waals surface area (Å²) in [6.45, 7) is 8.70. The van der Waals surface area contributed by atoms with Crippen LogP contribution in [0, 0.1) is 0 Å². The molecule has 1 aromatic heterocycles. The number of nitrogens with one attached hydrogen (secondary N) is 1. The smallest absolute Gasteiger partial charge is 0.410 e. The van der Waals surface area contributed by atoms with Crippen LogP contribution >= 0.6 is 0 Å². The fourth-order valence-corrected chi connectivity index (χ4v) is 4.11. The van der Waals surface area contributed by atoms with E-state index in [0.29, 0.717) is 19.0 Å². The maximum Gasteiger partial charge on any atom is 0.410 e. The Morgan fingerprint density at radius 2 is 2.04 bits per heavy atom. The number of H-pyrrole nitrogens is 1. The monoisotopic (exact) mass is 382 g/mol. The lowest BCUT2D eigenvalue weighted by Crippen LogP contribution is -2.39. The second-order valence-electron chi connectivity index (χ2n) is 8.80. The summed E-state index contributed by atoms with van der Waals surface area (Å²) in [4.78, 5) is 17.5. The number of aromatic amines is 1. The van der Waals surface area contributed by atoms with Crippen LogP contribution in [0.25, 0.3) is 16.5 Å². The van der Waals surface area contributed by atoms with Crippen molar-refractivity contribution in [3.63, 3.8) is 0 Å². The van der Waals surface area contributed by atoms with E-state index in [1.54, 1.807) is 4.90 Å². The summed E-state index contributed by atoms with van der Waals surface area (Å²) in [5, 5.41) is 1.32. The van der Waals surface area contributed by atoms with Crippen molar-refractivity contribution in [3.8, 4) is 0 Å². The number of amides is 1. The summed E-state index contributed by atoms with van der Waals surface area (Å²) in [6.07, 6.45) is 7.13. The number of carbonyl (C=O) groups excluding carboxylic acids is 1. The van der Waals surface area contributed by atoms with E-state index in [-0.39, 0.29) is 6.09 Å². The Morgan fingerprint density at radius 3 is 2.71 bits per heavy atom. The number of hydrogen-bond donors (Lipinski definition) is 1. The van der Waals surface area contributed by atoms with E-state index < -0.39 is 5.60 Å². The molecular formula is C23H30N2O3. The highest BCUT2D eigenvalue weighted by atomic mass is 16.6. The zero-order valence-electron chi connectivity index (χ0n) is 17.1. The van der Waals surface area contributed by atoms with E-state index in [2.05, 4.69) is 35.5 Å². The van der Waals surface area contributed by atoms with Crippen LogP contribution in [0.4, 0.5) is 4.79 Å². The highest BCUT2D eigenvalue weighted by Crippen LogP contribution is 2.34. The Kier molecular flexibility index (Phi) is 5.19. The highest BCUT2D eigenvalue weighted by Gasteiger charge is 2.24. The van der Waals surface area contributed by atoms with E-state index in [1.165, 1.54) is 27.6 Å². The molecule has 0 saturated carbocycles. The fourth-order valence-electron chi connectivity index (χ4n) is 4.11. The lowest BCUT2D eigenvalue weighted by Gasteiger charge is -2.29. The average molecular weight is 383 g/mol. The molecule has 150 valence electrons. The van der Waals surface area contributed by atoms with Crippen LogP contribution in [0.1, 0.15) is 57.1 Å². The zero-order valence-corrected chi connectivity index (χ0v) is 17.1. The summed E-state index contributed by atoms with van der Waals surface area (Å²) < 4.78 is 11.0. The molecule has 2 aliphatic heterocycles. The summed E-state index contributed by atoms with van der Waals surface area (Å²) in [6, 6.07) is 6.67. The number of nitrogens with zero attached hydrogens (tertiary/aromatic N) is 1. The molecule has 3 heterocycles. The van der Waals surface area contributed by atoms with Gasteiger partial charge < -0.3 is 19.4 Å². The third-order valence-corrected chi connectivity index (χ3v) is 5.61. The second kappa shape index (κ2) is 7.63. The van der Waals surface area contributed by atoms with E-state index in [1.807, 2.05) is 20.8 Å². The molecule has 1 amide bonds. The molecule has 1 saturated heterocycles.